The molecule has 0 bridgehead atoms. The van der Waals surface area contributed by atoms with Crippen LogP contribution in [-0.2, 0) is 16.6 Å². The molecule has 1 aliphatic rings. The summed E-state index contributed by atoms with van der Waals surface area (Å²) in [5.74, 6) is -0.0649. The van der Waals surface area contributed by atoms with E-state index < -0.39 is 10.0 Å². The third-order valence-electron chi connectivity index (χ3n) is 5.18. The summed E-state index contributed by atoms with van der Waals surface area (Å²) in [6, 6.07) is 12.4. The maximum Gasteiger partial charge on any atom is 0.251 e. The smallest absolute Gasteiger partial charge is 0.251 e. The molecule has 1 fully saturated rings. The standard InChI is InChI=1S/C22H28N2O4S/c1-17-7-9-18(10-8-17)16-23-22(25)19-11-12-20(28-2)21(15-19)29(26,27)24-13-5-3-4-6-14-24/h7-12,15H,3-6,13-14,16H2,1-2H3,(H,23,25). The minimum atomic E-state index is -3.73. The van der Waals surface area contributed by atoms with Crippen LogP contribution in [0.15, 0.2) is 47.4 Å². The largest absolute Gasteiger partial charge is 0.495 e. The van der Waals surface area contributed by atoms with Gasteiger partial charge in [0.25, 0.3) is 5.91 Å². The molecule has 6 nitrogen and oxygen atoms in total. The molecule has 0 saturated carbocycles. The predicted octanol–water partition coefficient (Wildman–Crippen LogP) is 3.50. The number of carbonyl (C=O) groups excluding carboxylic acids is 1. The molecule has 29 heavy (non-hydrogen) atoms. The molecule has 2 aromatic carbocycles. The number of aryl methyl sites for hydroxylation is 1. The predicted molar refractivity (Wildman–Crippen MR) is 113 cm³/mol. The highest BCUT2D eigenvalue weighted by Gasteiger charge is 2.29. The van der Waals surface area contributed by atoms with Crippen LogP contribution in [0.25, 0.3) is 0 Å². The van der Waals surface area contributed by atoms with E-state index in [4.69, 9.17) is 4.74 Å². The van der Waals surface area contributed by atoms with Gasteiger partial charge in [-0.05, 0) is 43.5 Å². The van der Waals surface area contributed by atoms with Gasteiger partial charge in [-0.2, -0.15) is 4.31 Å². The van der Waals surface area contributed by atoms with Gasteiger partial charge < -0.3 is 10.1 Å². The zero-order valence-corrected chi connectivity index (χ0v) is 17.8. The first-order chi connectivity index (χ1) is 13.9. The van der Waals surface area contributed by atoms with Crippen molar-refractivity contribution in [3.05, 3.63) is 59.2 Å². The molecule has 7 heteroatoms. The summed E-state index contributed by atoms with van der Waals surface area (Å²) in [4.78, 5) is 12.7. The van der Waals surface area contributed by atoms with Crippen molar-refractivity contribution in [2.24, 2.45) is 0 Å². The zero-order chi connectivity index (χ0) is 20.9. The van der Waals surface area contributed by atoms with Crippen LogP contribution in [0.1, 0.15) is 47.2 Å². The first-order valence-corrected chi connectivity index (χ1v) is 11.4. The maximum atomic E-state index is 13.2. The quantitative estimate of drug-likeness (QED) is 0.782. The summed E-state index contributed by atoms with van der Waals surface area (Å²) < 4.78 is 33.2. The minimum absolute atomic E-state index is 0.0462. The van der Waals surface area contributed by atoms with E-state index in [9.17, 15) is 13.2 Å². The Morgan fingerprint density at radius 3 is 2.31 bits per heavy atom. The summed E-state index contributed by atoms with van der Waals surface area (Å²) in [6.07, 6.45) is 3.76. The van der Waals surface area contributed by atoms with Gasteiger partial charge >= 0.3 is 0 Å². The van der Waals surface area contributed by atoms with Crippen LogP contribution in [0.3, 0.4) is 0 Å². The molecule has 0 aliphatic carbocycles. The molecular formula is C22H28N2O4S. The van der Waals surface area contributed by atoms with Crippen molar-refractivity contribution >= 4 is 15.9 Å². The summed E-state index contributed by atoms with van der Waals surface area (Å²) in [7, 11) is -2.29. The highest BCUT2D eigenvalue weighted by Crippen LogP contribution is 2.29. The van der Waals surface area contributed by atoms with Gasteiger partial charge in [0.05, 0.1) is 7.11 Å². The number of nitrogens with one attached hydrogen (secondary N) is 1. The van der Waals surface area contributed by atoms with Gasteiger partial charge in [0.15, 0.2) is 0 Å². The Kier molecular flexibility index (Phi) is 6.92. The Morgan fingerprint density at radius 2 is 1.69 bits per heavy atom. The second kappa shape index (κ2) is 9.41. The molecule has 1 amide bonds. The zero-order valence-electron chi connectivity index (χ0n) is 17.0. The molecule has 3 rings (SSSR count). The van der Waals surface area contributed by atoms with Gasteiger partial charge in [-0.15, -0.1) is 0 Å². The van der Waals surface area contributed by atoms with Crippen LogP contribution >= 0.6 is 0 Å². The van der Waals surface area contributed by atoms with E-state index >= 15 is 0 Å². The monoisotopic (exact) mass is 416 g/mol. The summed E-state index contributed by atoms with van der Waals surface area (Å²) >= 11 is 0. The van der Waals surface area contributed by atoms with Crippen LogP contribution < -0.4 is 10.1 Å². The molecule has 0 radical (unpaired) electrons. The van der Waals surface area contributed by atoms with E-state index in [1.165, 1.54) is 17.5 Å². The number of hydrogen-bond acceptors (Lipinski definition) is 4. The van der Waals surface area contributed by atoms with E-state index in [1.807, 2.05) is 31.2 Å². The summed E-state index contributed by atoms with van der Waals surface area (Å²) in [5, 5.41) is 2.85. The number of sulfonamides is 1. The lowest BCUT2D eigenvalue weighted by molar-refractivity contribution is 0.0950. The molecule has 2 aromatic rings. The minimum Gasteiger partial charge on any atom is -0.495 e. The van der Waals surface area contributed by atoms with Crippen LogP contribution in [-0.4, -0.2) is 38.8 Å². The van der Waals surface area contributed by atoms with E-state index in [0.717, 1.165) is 36.8 Å². The van der Waals surface area contributed by atoms with E-state index in [1.54, 1.807) is 12.1 Å². The third-order valence-corrected chi connectivity index (χ3v) is 7.10. The van der Waals surface area contributed by atoms with Crippen molar-refractivity contribution in [2.75, 3.05) is 20.2 Å². The van der Waals surface area contributed by atoms with Crippen molar-refractivity contribution < 1.29 is 17.9 Å². The number of methoxy groups -OCH3 is 1. The normalized spacial score (nSPS) is 15.5. The van der Waals surface area contributed by atoms with Gasteiger partial charge in [-0.3, -0.25) is 4.79 Å². The number of ether oxygens (including phenoxy) is 1. The molecule has 1 saturated heterocycles. The fraction of sp³-hybridized carbons (Fsp3) is 0.409. The highest BCUT2D eigenvalue weighted by molar-refractivity contribution is 7.89. The molecule has 0 unspecified atom stereocenters. The summed E-state index contributed by atoms with van der Waals surface area (Å²) in [5.41, 5.74) is 2.43. The van der Waals surface area contributed by atoms with Crippen LogP contribution in [0.4, 0.5) is 0 Å². The fourth-order valence-corrected chi connectivity index (χ4v) is 5.13. The molecule has 156 valence electrons. The summed E-state index contributed by atoms with van der Waals surface area (Å²) in [6.45, 7) is 3.37. The first kappa shape index (κ1) is 21.3. The highest BCUT2D eigenvalue weighted by atomic mass is 32.2. The Balaban J connectivity index is 1.82. The van der Waals surface area contributed by atoms with Gasteiger partial charge in [0.2, 0.25) is 10.0 Å². The Labute approximate surface area is 172 Å². The van der Waals surface area contributed by atoms with E-state index in [0.29, 0.717) is 25.2 Å². The van der Waals surface area contributed by atoms with Gasteiger partial charge in [0, 0.05) is 25.2 Å². The van der Waals surface area contributed by atoms with Crippen LogP contribution in [0, 0.1) is 6.92 Å². The van der Waals surface area contributed by atoms with E-state index in [-0.39, 0.29) is 16.6 Å². The number of rotatable bonds is 6. The van der Waals surface area contributed by atoms with Crippen molar-refractivity contribution in [3.8, 4) is 5.75 Å². The molecule has 0 aromatic heterocycles. The van der Waals surface area contributed by atoms with Crippen molar-refractivity contribution in [1.29, 1.82) is 0 Å². The topological polar surface area (TPSA) is 75.7 Å². The number of hydrogen-bond donors (Lipinski definition) is 1. The van der Waals surface area contributed by atoms with Crippen LogP contribution in [0.2, 0.25) is 0 Å². The van der Waals surface area contributed by atoms with E-state index in [2.05, 4.69) is 5.32 Å². The maximum absolute atomic E-state index is 13.2. The van der Waals surface area contributed by atoms with Crippen LogP contribution in [0.5, 0.6) is 5.75 Å². The second-order valence-electron chi connectivity index (χ2n) is 7.35. The average molecular weight is 417 g/mol. The number of benzene rings is 2. The van der Waals surface area contributed by atoms with Gasteiger partial charge in [0.1, 0.15) is 10.6 Å². The lowest BCUT2D eigenvalue weighted by Gasteiger charge is -2.21. The third kappa shape index (κ3) is 5.16. The SMILES string of the molecule is COc1ccc(C(=O)NCc2ccc(C)cc2)cc1S(=O)(=O)N1CCCCCC1. The van der Waals surface area contributed by atoms with Crippen molar-refractivity contribution in [2.45, 2.75) is 44.0 Å². The first-order valence-electron chi connectivity index (χ1n) is 9.94. The molecule has 1 aliphatic heterocycles. The molecule has 0 atom stereocenters. The Bertz CT molecular complexity index is 947. The Hall–Kier alpha value is -2.38. The number of carbonyl (C=O) groups is 1. The Morgan fingerprint density at radius 1 is 1.03 bits per heavy atom. The molecular weight excluding hydrogens is 388 g/mol. The number of amides is 1. The van der Waals surface area contributed by atoms with Crippen molar-refractivity contribution in [3.63, 3.8) is 0 Å². The average Bonchev–Trinajstić information content (AvgIpc) is 3.03. The molecule has 0 spiro atoms. The van der Waals surface area contributed by atoms with Gasteiger partial charge in [-0.25, -0.2) is 8.42 Å². The lowest BCUT2D eigenvalue weighted by atomic mass is 10.1. The molecule has 1 N–H and O–H groups in total. The van der Waals surface area contributed by atoms with Gasteiger partial charge in [-0.1, -0.05) is 42.7 Å². The molecule has 1 heterocycles. The fourth-order valence-electron chi connectivity index (χ4n) is 3.43. The lowest BCUT2D eigenvalue weighted by Crippen LogP contribution is -2.32. The second-order valence-corrected chi connectivity index (χ2v) is 9.26. The number of nitrogens with zero attached hydrogens (tertiary/aromatic N) is 1. The van der Waals surface area contributed by atoms with Crippen molar-refractivity contribution in [1.82, 2.24) is 9.62 Å².